The number of para-hydroxylation sites is 1. The van der Waals surface area contributed by atoms with E-state index in [1.54, 1.807) is 12.1 Å². The zero-order valence-electron chi connectivity index (χ0n) is 14.2. The first kappa shape index (κ1) is 15.8. The number of hydrogen-bond acceptors (Lipinski definition) is 3. The molecular weight excluding hydrogens is 314 g/mol. The molecule has 0 aliphatic carbocycles. The molecule has 0 spiro atoms. The van der Waals surface area contributed by atoms with Crippen LogP contribution in [0.5, 0.6) is 0 Å². The minimum atomic E-state index is -0.353. The molecule has 0 saturated carbocycles. The van der Waals surface area contributed by atoms with Crippen LogP contribution in [0.1, 0.15) is 29.8 Å². The van der Waals surface area contributed by atoms with E-state index in [1.807, 2.05) is 12.1 Å². The Kier molecular flexibility index (Phi) is 4.01. The van der Waals surface area contributed by atoms with E-state index in [2.05, 4.69) is 41.1 Å². The predicted octanol–water partition coefficient (Wildman–Crippen LogP) is 4.24. The Morgan fingerprint density at radius 2 is 1.96 bits per heavy atom. The van der Waals surface area contributed by atoms with Gasteiger partial charge >= 0.3 is 0 Å². The van der Waals surface area contributed by atoms with Gasteiger partial charge in [-0.15, -0.1) is 0 Å². The summed E-state index contributed by atoms with van der Waals surface area (Å²) in [5, 5.41) is 12.1. The van der Waals surface area contributed by atoms with Crippen molar-refractivity contribution < 1.29 is 4.92 Å². The van der Waals surface area contributed by atoms with E-state index < -0.39 is 0 Å². The Balaban J connectivity index is 1.48. The number of hydrogen-bond donors (Lipinski definition) is 1. The summed E-state index contributed by atoms with van der Waals surface area (Å²) in [5.74, 6) is 0. The summed E-state index contributed by atoms with van der Waals surface area (Å²) in [6.45, 7) is 4.25. The molecule has 0 amide bonds. The van der Waals surface area contributed by atoms with Crippen molar-refractivity contribution in [3.05, 3.63) is 75.5 Å². The number of non-ortho nitro benzene ring substituents is 1. The molecule has 1 atom stereocenters. The van der Waals surface area contributed by atoms with Gasteiger partial charge in [-0.1, -0.05) is 30.3 Å². The molecule has 0 saturated heterocycles. The lowest BCUT2D eigenvalue weighted by Crippen LogP contribution is -2.35. The van der Waals surface area contributed by atoms with Crippen LogP contribution in [0.25, 0.3) is 10.9 Å². The molecular formula is C20H21N3O2. The number of nitro groups is 1. The monoisotopic (exact) mass is 335 g/mol. The second kappa shape index (κ2) is 6.33. The Hall–Kier alpha value is -2.66. The van der Waals surface area contributed by atoms with Gasteiger partial charge in [0.15, 0.2) is 0 Å². The van der Waals surface area contributed by atoms with Crippen molar-refractivity contribution in [3.63, 3.8) is 0 Å². The van der Waals surface area contributed by atoms with Crippen LogP contribution >= 0.6 is 0 Å². The van der Waals surface area contributed by atoms with Gasteiger partial charge in [0.1, 0.15) is 0 Å². The first-order valence-corrected chi connectivity index (χ1v) is 8.70. The molecule has 0 radical (unpaired) electrons. The van der Waals surface area contributed by atoms with E-state index in [9.17, 15) is 10.1 Å². The Morgan fingerprint density at radius 3 is 2.72 bits per heavy atom. The van der Waals surface area contributed by atoms with Crippen LogP contribution < -0.4 is 0 Å². The van der Waals surface area contributed by atoms with Gasteiger partial charge in [-0.2, -0.15) is 0 Å². The van der Waals surface area contributed by atoms with Crippen molar-refractivity contribution in [2.45, 2.75) is 25.8 Å². The molecule has 0 bridgehead atoms. The fourth-order valence-electron chi connectivity index (χ4n) is 3.84. The summed E-state index contributed by atoms with van der Waals surface area (Å²) >= 11 is 0. The van der Waals surface area contributed by atoms with Crippen molar-refractivity contribution in [2.24, 2.45) is 0 Å². The minimum absolute atomic E-state index is 0.151. The van der Waals surface area contributed by atoms with Gasteiger partial charge in [0.05, 0.1) is 4.92 Å². The Bertz CT molecular complexity index is 914. The van der Waals surface area contributed by atoms with E-state index in [-0.39, 0.29) is 10.6 Å². The van der Waals surface area contributed by atoms with E-state index >= 15 is 0 Å². The molecule has 4 rings (SSSR count). The summed E-state index contributed by atoms with van der Waals surface area (Å²) in [5.41, 5.74) is 5.29. The third kappa shape index (κ3) is 2.91. The largest absolute Gasteiger partial charge is 0.357 e. The van der Waals surface area contributed by atoms with Crippen LogP contribution in [0.3, 0.4) is 0 Å². The zero-order chi connectivity index (χ0) is 17.4. The van der Waals surface area contributed by atoms with Crippen LogP contribution in [-0.4, -0.2) is 27.9 Å². The molecule has 1 aliphatic rings. The summed E-state index contributed by atoms with van der Waals surface area (Å²) in [7, 11) is 0. The number of nitrogens with zero attached hydrogens (tertiary/aromatic N) is 2. The smallest absolute Gasteiger partial charge is 0.269 e. The normalized spacial score (nSPS) is 17.6. The van der Waals surface area contributed by atoms with E-state index in [1.165, 1.54) is 22.2 Å². The molecule has 1 aromatic heterocycles. The van der Waals surface area contributed by atoms with Crippen molar-refractivity contribution >= 4 is 16.6 Å². The number of rotatable bonds is 4. The third-order valence-corrected chi connectivity index (χ3v) is 5.30. The maximum Gasteiger partial charge on any atom is 0.269 e. The van der Waals surface area contributed by atoms with Crippen LogP contribution in [0.4, 0.5) is 5.69 Å². The van der Waals surface area contributed by atoms with Gasteiger partial charge < -0.3 is 4.98 Å². The first-order valence-electron chi connectivity index (χ1n) is 8.70. The summed E-state index contributed by atoms with van der Waals surface area (Å²) in [6, 6.07) is 15.8. The highest BCUT2D eigenvalue weighted by Gasteiger charge is 2.26. The summed E-state index contributed by atoms with van der Waals surface area (Å²) in [6.07, 6.45) is 1.96. The predicted molar refractivity (Wildman–Crippen MR) is 98.8 cm³/mol. The van der Waals surface area contributed by atoms with Crippen molar-refractivity contribution in [1.82, 2.24) is 9.88 Å². The zero-order valence-corrected chi connectivity index (χ0v) is 14.2. The fraction of sp³-hybridized carbons (Fsp3) is 0.300. The second-order valence-corrected chi connectivity index (χ2v) is 6.70. The molecule has 5 nitrogen and oxygen atoms in total. The molecule has 1 N–H and O–H groups in total. The number of nitro benzene ring substituents is 1. The maximum atomic E-state index is 10.7. The molecule has 1 aliphatic heterocycles. The molecule has 25 heavy (non-hydrogen) atoms. The van der Waals surface area contributed by atoms with Gasteiger partial charge in [0.2, 0.25) is 0 Å². The first-order chi connectivity index (χ1) is 12.1. The molecule has 128 valence electrons. The third-order valence-electron chi connectivity index (χ3n) is 5.30. The number of nitrogens with one attached hydrogen (secondary N) is 1. The van der Waals surface area contributed by atoms with Crippen LogP contribution in [0.15, 0.2) is 48.5 Å². The Morgan fingerprint density at radius 1 is 1.20 bits per heavy atom. The van der Waals surface area contributed by atoms with E-state index in [4.69, 9.17) is 0 Å². The number of fused-ring (bicyclic) bond motifs is 3. The lowest BCUT2D eigenvalue weighted by atomic mass is 9.97. The molecule has 2 aromatic carbocycles. The maximum absolute atomic E-state index is 10.7. The van der Waals surface area contributed by atoms with Crippen molar-refractivity contribution in [1.29, 1.82) is 0 Å². The average molecular weight is 335 g/mol. The van der Waals surface area contributed by atoms with Gasteiger partial charge in [-0.3, -0.25) is 15.0 Å². The van der Waals surface area contributed by atoms with Gasteiger partial charge in [0, 0.05) is 47.9 Å². The number of aromatic amines is 1. The fourth-order valence-corrected chi connectivity index (χ4v) is 3.84. The number of H-pyrrole nitrogens is 1. The van der Waals surface area contributed by atoms with Gasteiger partial charge in [-0.05, 0) is 37.0 Å². The second-order valence-electron chi connectivity index (χ2n) is 6.70. The van der Waals surface area contributed by atoms with Crippen molar-refractivity contribution in [3.8, 4) is 0 Å². The lowest BCUT2D eigenvalue weighted by Gasteiger charge is -2.33. The Labute approximate surface area is 146 Å². The highest BCUT2D eigenvalue weighted by molar-refractivity contribution is 5.85. The average Bonchev–Trinajstić information content (AvgIpc) is 3.01. The number of benzene rings is 2. The lowest BCUT2D eigenvalue weighted by molar-refractivity contribution is -0.384. The summed E-state index contributed by atoms with van der Waals surface area (Å²) < 4.78 is 0. The summed E-state index contributed by atoms with van der Waals surface area (Å²) in [4.78, 5) is 16.5. The quantitative estimate of drug-likeness (QED) is 0.573. The molecule has 0 unspecified atom stereocenters. The SMILES string of the molecule is C[C@@H]1c2[nH]c3ccccc3c2CCN1CCc1ccc([N+](=O)[O-])cc1. The molecule has 5 heteroatoms. The molecule has 2 heterocycles. The van der Waals surface area contributed by atoms with Gasteiger partial charge in [0.25, 0.3) is 5.69 Å². The molecule has 0 fully saturated rings. The van der Waals surface area contributed by atoms with Gasteiger partial charge in [-0.25, -0.2) is 0 Å². The number of aromatic nitrogens is 1. The standard InChI is InChI=1S/C20H21N3O2/c1-14-20-18(17-4-2-3-5-19(17)21-20)11-13-22(14)12-10-15-6-8-16(9-7-15)23(24)25/h2-9,14,21H,10-13H2,1H3/t14-/m1/s1. The van der Waals surface area contributed by atoms with E-state index in [0.717, 1.165) is 31.5 Å². The van der Waals surface area contributed by atoms with E-state index in [0.29, 0.717) is 6.04 Å². The van der Waals surface area contributed by atoms with Crippen molar-refractivity contribution in [2.75, 3.05) is 13.1 Å². The molecule has 3 aromatic rings. The topological polar surface area (TPSA) is 62.2 Å². The van der Waals surface area contributed by atoms with Crippen LogP contribution in [0.2, 0.25) is 0 Å². The van der Waals surface area contributed by atoms with Crippen LogP contribution in [-0.2, 0) is 12.8 Å². The highest BCUT2D eigenvalue weighted by Crippen LogP contribution is 2.34. The minimum Gasteiger partial charge on any atom is -0.357 e. The highest BCUT2D eigenvalue weighted by atomic mass is 16.6. The van der Waals surface area contributed by atoms with Crippen LogP contribution in [0, 0.1) is 10.1 Å².